The van der Waals surface area contributed by atoms with Gasteiger partial charge in [-0.25, -0.2) is 0 Å². The summed E-state index contributed by atoms with van der Waals surface area (Å²) in [6, 6.07) is 15.4. The highest BCUT2D eigenvalue weighted by Gasteiger charge is 2.46. The average Bonchev–Trinajstić information content (AvgIpc) is 2.88. The molecule has 2 aliphatic rings. The molecule has 0 saturated carbocycles. The Morgan fingerprint density at radius 2 is 1.74 bits per heavy atom. The lowest BCUT2D eigenvalue weighted by molar-refractivity contribution is -0.162. The lowest BCUT2D eigenvalue weighted by Crippen LogP contribution is -2.55. The van der Waals surface area contributed by atoms with Gasteiger partial charge in [0.1, 0.15) is 5.60 Å². The molecule has 2 aliphatic heterocycles. The summed E-state index contributed by atoms with van der Waals surface area (Å²) in [4.78, 5) is 31.8. The number of carbonyl (C=O) groups excluding carboxylic acids is 2. The summed E-state index contributed by atoms with van der Waals surface area (Å²) in [7, 11) is 0. The van der Waals surface area contributed by atoms with Gasteiger partial charge in [-0.15, -0.1) is 0 Å². The van der Waals surface area contributed by atoms with E-state index in [0.717, 1.165) is 37.2 Å². The van der Waals surface area contributed by atoms with Gasteiger partial charge in [-0.2, -0.15) is 0 Å². The van der Waals surface area contributed by atoms with E-state index in [0.29, 0.717) is 29.7 Å². The van der Waals surface area contributed by atoms with Gasteiger partial charge in [-0.05, 0) is 69.0 Å². The largest absolute Gasteiger partial charge is 0.460 e. The van der Waals surface area contributed by atoms with E-state index >= 15 is 0 Å². The first-order chi connectivity index (χ1) is 18.6. The summed E-state index contributed by atoms with van der Waals surface area (Å²) in [5.74, 6) is -0.907. The molecule has 0 aromatic heterocycles. The molecule has 0 aliphatic carbocycles. The molecule has 212 valence electrons. The van der Waals surface area contributed by atoms with E-state index in [1.807, 2.05) is 63.2 Å². The van der Waals surface area contributed by atoms with Crippen molar-refractivity contribution in [2.45, 2.75) is 70.6 Å². The first-order valence-corrected chi connectivity index (χ1v) is 14.7. The highest BCUT2D eigenvalue weighted by molar-refractivity contribution is 6.30. The molecule has 0 radical (unpaired) electrons. The predicted molar refractivity (Wildman–Crippen MR) is 155 cm³/mol. The second-order valence-electron chi connectivity index (χ2n) is 11.6. The fourth-order valence-corrected chi connectivity index (χ4v) is 6.17. The standard InChI is InChI=1S/C31H40Cl2N2O4/c1-5-26(20-34-13-15-38-16-14-34)35-29(21-9-11-24(32)12-10-21)27(22-7-6-8-25(33)17-22)18-23(30(35)37)19-28(36)39-31(2,3)4/h6-12,17,23,26-27,29H,5,13-16,18-20H2,1-4H3/t23-,26+,27?,29-/m1/s1. The molecule has 4 rings (SSSR count). The molecule has 2 saturated heterocycles. The molecule has 2 fully saturated rings. The maximum Gasteiger partial charge on any atom is 0.307 e. The predicted octanol–water partition coefficient (Wildman–Crippen LogP) is 6.51. The van der Waals surface area contributed by atoms with Gasteiger partial charge in [0.15, 0.2) is 0 Å². The van der Waals surface area contributed by atoms with Crippen LogP contribution in [0.25, 0.3) is 0 Å². The summed E-state index contributed by atoms with van der Waals surface area (Å²) in [5.41, 5.74) is 1.46. The van der Waals surface area contributed by atoms with Gasteiger partial charge in [0.05, 0.1) is 25.7 Å². The first kappa shape index (κ1) is 29.9. The molecule has 8 heteroatoms. The van der Waals surface area contributed by atoms with Crippen LogP contribution in [0.15, 0.2) is 48.5 Å². The highest BCUT2D eigenvalue weighted by Crippen LogP contribution is 2.48. The van der Waals surface area contributed by atoms with Crippen molar-refractivity contribution in [3.8, 4) is 0 Å². The van der Waals surface area contributed by atoms with Crippen molar-refractivity contribution in [2.24, 2.45) is 5.92 Å². The van der Waals surface area contributed by atoms with Crippen molar-refractivity contribution in [3.05, 3.63) is 69.7 Å². The normalized spacial score (nSPS) is 23.5. The number of esters is 1. The topological polar surface area (TPSA) is 59.1 Å². The third-order valence-electron chi connectivity index (χ3n) is 7.58. The molecule has 2 heterocycles. The Labute approximate surface area is 242 Å². The van der Waals surface area contributed by atoms with Crippen LogP contribution in [0.2, 0.25) is 10.0 Å². The van der Waals surface area contributed by atoms with E-state index in [1.165, 1.54) is 0 Å². The second kappa shape index (κ2) is 13.0. The number of halogens is 2. The average molecular weight is 576 g/mol. The number of carbonyl (C=O) groups is 2. The maximum atomic E-state index is 14.4. The van der Waals surface area contributed by atoms with Crippen molar-refractivity contribution in [1.82, 2.24) is 9.80 Å². The van der Waals surface area contributed by atoms with Crippen LogP contribution in [0, 0.1) is 5.92 Å². The van der Waals surface area contributed by atoms with Crippen molar-refractivity contribution < 1.29 is 19.1 Å². The number of likely N-dealkylation sites (tertiary alicyclic amines) is 1. The van der Waals surface area contributed by atoms with Gasteiger partial charge in [-0.1, -0.05) is 54.4 Å². The SMILES string of the molecule is CC[C@@H](CN1CCOCC1)N1C(=O)[C@@H](CC(=O)OC(C)(C)C)CC(c2cccc(Cl)c2)[C@H]1c1ccc(Cl)cc1. The van der Waals surface area contributed by atoms with Gasteiger partial charge in [0.2, 0.25) is 5.91 Å². The third-order valence-corrected chi connectivity index (χ3v) is 8.07. The molecule has 1 amide bonds. The molecule has 0 bridgehead atoms. The number of benzene rings is 2. The van der Waals surface area contributed by atoms with E-state index in [-0.39, 0.29) is 36.3 Å². The molecule has 6 nitrogen and oxygen atoms in total. The zero-order valence-corrected chi connectivity index (χ0v) is 24.9. The lowest BCUT2D eigenvalue weighted by atomic mass is 9.74. The Morgan fingerprint density at radius 3 is 2.36 bits per heavy atom. The molecule has 1 unspecified atom stereocenters. The summed E-state index contributed by atoms with van der Waals surface area (Å²) >= 11 is 12.7. The smallest absolute Gasteiger partial charge is 0.307 e. The van der Waals surface area contributed by atoms with E-state index < -0.39 is 11.5 Å². The minimum atomic E-state index is -0.616. The van der Waals surface area contributed by atoms with Gasteiger partial charge in [-0.3, -0.25) is 14.5 Å². The second-order valence-corrected chi connectivity index (χ2v) is 12.5. The summed E-state index contributed by atoms with van der Waals surface area (Å²) < 4.78 is 11.2. The van der Waals surface area contributed by atoms with Crippen LogP contribution in [0.5, 0.6) is 0 Å². The number of hydrogen-bond acceptors (Lipinski definition) is 5. The number of morpholine rings is 1. The molecular weight excluding hydrogens is 535 g/mol. The number of piperidine rings is 1. The number of ether oxygens (including phenoxy) is 2. The quantitative estimate of drug-likeness (QED) is 0.336. The van der Waals surface area contributed by atoms with Crippen LogP contribution in [-0.4, -0.2) is 66.2 Å². The van der Waals surface area contributed by atoms with Crippen LogP contribution >= 0.6 is 23.2 Å². The fourth-order valence-electron chi connectivity index (χ4n) is 5.84. The molecule has 0 spiro atoms. The van der Waals surface area contributed by atoms with Crippen molar-refractivity contribution in [2.75, 3.05) is 32.8 Å². The van der Waals surface area contributed by atoms with Crippen molar-refractivity contribution in [1.29, 1.82) is 0 Å². The highest BCUT2D eigenvalue weighted by atomic mass is 35.5. The Bertz CT molecular complexity index is 1130. The van der Waals surface area contributed by atoms with Crippen LogP contribution in [0.3, 0.4) is 0 Å². The Hall–Kier alpha value is -2.12. The Kier molecular flexibility index (Phi) is 9.97. The van der Waals surface area contributed by atoms with Crippen molar-refractivity contribution >= 4 is 35.1 Å². The summed E-state index contributed by atoms with van der Waals surface area (Å²) in [5, 5.41) is 1.30. The summed E-state index contributed by atoms with van der Waals surface area (Å²) in [6.07, 6.45) is 1.36. The molecular formula is C31H40Cl2N2O4. The van der Waals surface area contributed by atoms with E-state index in [2.05, 4.69) is 22.8 Å². The van der Waals surface area contributed by atoms with E-state index in [1.54, 1.807) is 0 Å². The van der Waals surface area contributed by atoms with Crippen LogP contribution in [-0.2, 0) is 19.1 Å². The third kappa shape index (κ3) is 7.75. The van der Waals surface area contributed by atoms with Crippen molar-refractivity contribution in [3.63, 3.8) is 0 Å². The van der Waals surface area contributed by atoms with Crippen LogP contribution < -0.4 is 0 Å². The minimum Gasteiger partial charge on any atom is -0.460 e. The summed E-state index contributed by atoms with van der Waals surface area (Å²) in [6.45, 7) is 11.5. The zero-order chi connectivity index (χ0) is 28.2. The van der Waals surface area contributed by atoms with E-state index in [9.17, 15) is 9.59 Å². The van der Waals surface area contributed by atoms with Crippen LogP contribution in [0.4, 0.5) is 0 Å². The number of nitrogens with zero attached hydrogens (tertiary/aromatic N) is 2. The van der Waals surface area contributed by atoms with Gasteiger partial charge in [0, 0.05) is 47.6 Å². The molecule has 2 aromatic rings. The molecule has 39 heavy (non-hydrogen) atoms. The van der Waals surface area contributed by atoms with Gasteiger partial charge < -0.3 is 14.4 Å². The van der Waals surface area contributed by atoms with Crippen LogP contribution in [0.1, 0.15) is 70.0 Å². The minimum absolute atomic E-state index is 0.000744. The number of amides is 1. The number of rotatable bonds is 8. The molecule has 0 N–H and O–H groups in total. The first-order valence-electron chi connectivity index (χ1n) is 13.9. The molecule has 2 aromatic carbocycles. The monoisotopic (exact) mass is 574 g/mol. The number of hydrogen-bond donors (Lipinski definition) is 0. The Morgan fingerprint density at radius 1 is 1.05 bits per heavy atom. The van der Waals surface area contributed by atoms with Gasteiger partial charge in [0.25, 0.3) is 0 Å². The maximum absolute atomic E-state index is 14.4. The van der Waals surface area contributed by atoms with Gasteiger partial charge >= 0.3 is 5.97 Å². The zero-order valence-electron chi connectivity index (χ0n) is 23.4. The fraction of sp³-hybridized carbons (Fsp3) is 0.548. The van der Waals surface area contributed by atoms with E-state index in [4.69, 9.17) is 32.7 Å². The Balaban J connectivity index is 1.77. The lowest BCUT2D eigenvalue weighted by Gasteiger charge is -2.49. The molecule has 4 atom stereocenters.